The number of hydrogen-bond donors (Lipinski definition) is 1. The van der Waals surface area contributed by atoms with Gasteiger partial charge in [0.05, 0.1) is 6.26 Å². The van der Waals surface area contributed by atoms with E-state index in [0.717, 1.165) is 0 Å². The van der Waals surface area contributed by atoms with Crippen LogP contribution in [0.5, 0.6) is 0 Å². The molecule has 1 N–H and O–H groups in total. The Kier molecular flexibility index (Phi) is 3.49. The van der Waals surface area contributed by atoms with Crippen LogP contribution in [0.4, 0.5) is 0 Å². The molecule has 0 fully saturated rings. The lowest BCUT2D eigenvalue weighted by Crippen LogP contribution is -1.72. The van der Waals surface area contributed by atoms with Gasteiger partial charge in [-0.1, -0.05) is 0 Å². The standard InChI is InChI=1S/C5H6O2.H3P/c6-4-5-2-1-3-7-5;/h1-3,6H,4H2;1H3. The first-order valence-electron chi connectivity index (χ1n) is 2.06. The zero-order valence-corrected chi connectivity index (χ0v) is 5.92. The monoisotopic (exact) mass is 132 g/mol. The van der Waals surface area contributed by atoms with Gasteiger partial charge in [-0.2, -0.15) is 9.90 Å². The van der Waals surface area contributed by atoms with E-state index in [0.29, 0.717) is 5.76 Å². The largest absolute Gasteiger partial charge is 0.467 e. The summed E-state index contributed by atoms with van der Waals surface area (Å²) in [6, 6.07) is 3.46. The van der Waals surface area contributed by atoms with Gasteiger partial charge >= 0.3 is 0 Å². The van der Waals surface area contributed by atoms with Crippen molar-refractivity contribution >= 4 is 9.90 Å². The molecule has 1 atom stereocenters. The van der Waals surface area contributed by atoms with Gasteiger partial charge in [-0.25, -0.2) is 0 Å². The molecule has 0 saturated heterocycles. The Hall–Kier alpha value is -0.330. The first-order chi connectivity index (χ1) is 3.43. The van der Waals surface area contributed by atoms with Crippen molar-refractivity contribution in [1.29, 1.82) is 0 Å². The summed E-state index contributed by atoms with van der Waals surface area (Å²) in [5.74, 6) is 0.611. The molecule has 0 saturated carbocycles. The highest BCUT2D eigenvalue weighted by molar-refractivity contribution is 6.92. The van der Waals surface area contributed by atoms with Gasteiger partial charge in [0.1, 0.15) is 12.4 Å². The molecule has 1 aromatic heterocycles. The fraction of sp³-hybridized carbons (Fsp3) is 0.200. The molecule has 0 bridgehead atoms. The number of aliphatic hydroxyl groups excluding tert-OH is 1. The van der Waals surface area contributed by atoms with Gasteiger partial charge in [-0.3, -0.25) is 0 Å². The molecule has 1 heterocycles. The van der Waals surface area contributed by atoms with E-state index in [1.54, 1.807) is 12.1 Å². The summed E-state index contributed by atoms with van der Waals surface area (Å²) in [5, 5.41) is 8.33. The minimum atomic E-state index is -0.00694. The first kappa shape index (κ1) is 7.67. The maximum atomic E-state index is 8.33. The number of aliphatic hydroxyl groups is 1. The summed E-state index contributed by atoms with van der Waals surface area (Å²) in [6.07, 6.45) is 1.53. The Bertz CT molecular complexity index is 125. The fourth-order valence-electron chi connectivity index (χ4n) is 0.403. The fourth-order valence-corrected chi connectivity index (χ4v) is 0.403. The molecule has 8 heavy (non-hydrogen) atoms. The molecule has 2 nitrogen and oxygen atoms in total. The van der Waals surface area contributed by atoms with Crippen molar-refractivity contribution in [1.82, 2.24) is 0 Å². The summed E-state index contributed by atoms with van der Waals surface area (Å²) < 4.78 is 4.73. The third kappa shape index (κ3) is 1.65. The van der Waals surface area contributed by atoms with E-state index in [-0.39, 0.29) is 16.5 Å². The molecule has 0 amide bonds. The van der Waals surface area contributed by atoms with Gasteiger partial charge in [0.2, 0.25) is 0 Å². The lowest BCUT2D eigenvalue weighted by atomic mass is 10.5. The van der Waals surface area contributed by atoms with Crippen LogP contribution in [0, 0.1) is 0 Å². The molecule has 0 aliphatic rings. The third-order valence-corrected chi connectivity index (χ3v) is 0.736. The van der Waals surface area contributed by atoms with E-state index >= 15 is 0 Å². The lowest BCUT2D eigenvalue weighted by molar-refractivity contribution is 0.247. The van der Waals surface area contributed by atoms with Crippen molar-refractivity contribution in [3.63, 3.8) is 0 Å². The highest BCUT2D eigenvalue weighted by Crippen LogP contribution is 1.96. The number of hydrogen-bond acceptors (Lipinski definition) is 2. The number of furan rings is 1. The summed E-state index contributed by atoms with van der Waals surface area (Å²) in [7, 11) is 0. The highest BCUT2D eigenvalue weighted by atomic mass is 31.0. The topological polar surface area (TPSA) is 33.4 Å². The zero-order valence-electron chi connectivity index (χ0n) is 4.50. The van der Waals surface area contributed by atoms with E-state index in [2.05, 4.69) is 0 Å². The maximum Gasteiger partial charge on any atom is 0.129 e. The molecule has 3 heteroatoms. The minimum absolute atomic E-state index is 0. The molecular weight excluding hydrogens is 123 g/mol. The molecule has 1 rings (SSSR count). The second kappa shape index (κ2) is 3.65. The Morgan fingerprint density at radius 3 is 2.62 bits per heavy atom. The first-order valence-corrected chi connectivity index (χ1v) is 2.06. The van der Waals surface area contributed by atoms with Gasteiger partial charge in [0.15, 0.2) is 0 Å². The molecule has 1 unspecified atom stereocenters. The van der Waals surface area contributed by atoms with Crippen molar-refractivity contribution in [2.24, 2.45) is 0 Å². The van der Waals surface area contributed by atoms with Crippen LogP contribution in [0.1, 0.15) is 5.76 Å². The van der Waals surface area contributed by atoms with Crippen molar-refractivity contribution < 1.29 is 9.52 Å². The van der Waals surface area contributed by atoms with Crippen molar-refractivity contribution in [3.8, 4) is 0 Å². The number of rotatable bonds is 1. The summed E-state index contributed by atoms with van der Waals surface area (Å²) in [6.45, 7) is -0.00694. The van der Waals surface area contributed by atoms with Crippen LogP contribution in [0.3, 0.4) is 0 Å². The smallest absolute Gasteiger partial charge is 0.129 e. The van der Waals surface area contributed by atoms with Crippen LogP contribution < -0.4 is 0 Å². The predicted molar refractivity (Wildman–Crippen MR) is 35.7 cm³/mol. The van der Waals surface area contributed by atoms with Gasteiger partial charge in [0, 0.05) is 0 Å². The molecule has 0 aliphatic carbocycles. The molecule has 1 aromatic rings. The molecular formula is C5H9O2P. The Morgan fingerprint density at radius 1 is 1.62 bits per heavy atom. The van der Waals surface area contributed by atoms with Crippen LogP contribution >= 0.6 is 9.90 Å². The summed E-state index contributed by atoms with van der Waals surface area (Å²) >= 11 is 0. The predicted octanol–water partition coefficient (Wildman–Crippen LogP) is 0.830. The third-order valence-electron chi connectivity index (χ3n) is 0.736. The zero-order chi connectivity index (χ0) is 5.11. The van der Waals surface area contributed by atoms with Gasteiger partial charge < -0.3 is 9.52 Å². The van der Waals surface area contributed by atoms with Crippen molar-refractivity contribution in [3.05, 3.63) is 24.2 Å². The van der Waals surface area contributed by atoms with Gasteiger partial charge in [0.25, 0.3) is 0 Å². The average Bonchev–Trinajstić information content (AvgIpc) is 2.14. The molecule has 0 aromatic carbocycles. The van der Waals surface area contributed by atoms with Crippen LogP contribution in [0.25, 0.3) is 0 Å². The van der Waals surface area contributed by atoms with Crippen molar-refractivity contribution in [2.75, 3.05) is 0 Å². The van der Waals surface area contributed by atoms with Crippen LogP contribution in [-0.4, -0.2) is 5.11 Å². The van der Waals surface area contributed by atoms with E-state index in [1.807, 2.05) is 0 Å². The molecule has 46 valence electrons. The average molecular weight is 132 g/mol. The Labute approximate surface area is 51.1 Å². The quantitative estimate of drug-likeness (QED) is 0.574. The summed E-state index contributed by atoms with van der Waals surface area (Å²) in [5.41, 5.74) is 0. The van der Waals surface area contributed by atoms with E-state index < -0.39 is 0 Å². The normalized spacial score (nSPS) is 8.12. The minimum Gasteiger partial charge on any atom is -0.467 e. The van der Waals surface area contributed by atoms with E-state index in [9.17, 15) is 0 Å². The second-order valence-corrected chi connectivity index (χ2v) is 1.24. The van der Waals surface area contributed by atoms with Crippen LogP contribution in [0.2, 0.25) is 0 Å². The van der Waals surface area contributed by atoms with E-state index in [1.165, 1.54) is 6.26 Å². The Balaban J connectivity index is 0.000000490. The van der Waals surface area contributed by atoms with E-state index in [4.69, 9.17) is 9.52 Å². The van der Waals surface area contributed by atoms with Gasteiger partial charge in [-0.05, 0) is 12.1 Å². The second-order valence-electron chi connectivity index (χ2n) is 1.24. The molecule has 0 spiro atoms. The van der Waals surface area contributed by atoms with Gasteiger partial charge in [-0.15, -0.1) is 0 Å². The SMILES string of the molecule is OCc1ccco1.P. The lowest BCUT2D eigenvalue weighted by Gasteiger charge is -1.79. The summed E-state index contributed by atoms with van der Waals surface area (Å²) in [4.78, 5) is 0. The molecule has 0 aliphatic heterocycles. The Morgan fingerprint density at radius 2 is 2.38 bits per heavy atom. The molecule has 0 radical (unpaired) electrons. The van der Waals surface area contributed by atoms with Crippen LogP contribution in [0.15, 0.2) is 22.8 Å². The maximum absolute atomic E-state index is 8.33. The highest BCUT2D eigenvalue weighted by Gasteiger charge is 1.85. The van der Waals surface area contributed by atoms with Crippen LogP contribution in [-0.2, 0) is 6.61 Å². The van der Waals surface area contributed by atoms with Crippen molar-refractivity contribution in [2.45, 2.75) is 6.61 Å².